The molecule has 1 aromatic carbocycles. The molecular formula is C12H16N2O2. The van der Waals surface area contributed by atoms with Crippen molar-refractivity contribution in [1.82, 2.24) is 0 Å². The van der Waals surface area contributed by atoms with Gasteiger partial charge in [-0.15, -0.1) is 0 Å². The Balaban J connectivity index is 2.45. The zero-order valence-electron chi connectivity index (χ0n) is 9.54. The molecule has 0 radical (unpaired) electrons. The summed E-state index contributed by atoms with van der Waals surface area (Å²) in [5.74, 6) is 0.415. The number of anilines is 2. The first-order valence-electron chi connectivity index (χ1n) is 5.48. The van der Waals surface area contributed by atoms with Gasteiger partial charge in [0.15, 0.2) is 5.75 Å². The molecule has 1 aromatic rings. The van der Waals surface area contributed by atoms with Crippen LogP contribution in [0.2, 0.25) is 0 Å². The molecule has 0 bridgehead atoms. The summed E-state index contributed by atoms with van der Waals surface area (Å²) >= 11 is 0. The van der Waals surface area contributed by atoms with Gasteiger partial charge in [0.1, 0.15) is 0 Å². The average Bonchev–Trinajstić information content (AvgIpc) is 2.39. The molecule has 0 aliphatic carbocycles. The van der Waals surface area contributed by atoms with E-state index in [2.05, 4.69) is 5.32 Å². The third kappa shape index (κ3) is 1.83. The molecule has 1 unspecified atom stereocenters. The topological polar surface area (TPSA) is 64.3 Å². The number of hydrogen-bond acceptors (Lipinski definition) is 3. The lowest BCUT2D eigenvalue weighted by Gasteiger charge is -2.11. The molecule has 4 heteroatoms. The van der Waals surface area contributed by atoms with Gasteiger partial charge in [0, 0.05) is 0 Å². The lowest BCUT2D eigenvalue weighted by atomic mass is 10.1. The molecule has 1 aliphatic heterocycles. The van der Waals surface area contributed by atoms with Crippen molar-refractivity contribution in [2.75, 3.05) is 17.7 Å². The van der Waals surface area contributed by atoms with Crippen molar-refractivity contribution >= 4 is 17.3 Å². The van der Waals surface area contributed by atoms with E-state index in [0.717, 1.165) is 12.0 Å². The van der Waals surface area contributed by atoms with E-state index in [1.807, 2.05) is 26.0 Å². The summed E-state index contributed by atoms with van der Waals surface area (Å²) in [5.41, 5.74) is 8.27. The molecule has 1 heterocycles. The van der Waals surface area contributed by atoms with Crippen molar-refractivity contribution in [3.8, 4) is 5.75 Å². The fourth-order valence-electron chi connectivity index (χ4n) is 1.71. The van der Waals surface area contributed by atoms with Crippen LogP contribution < -0.4 is 15.8 Å². The summed E-state index contributed by atoms with van der Waals surface area (Å²) in [5, 5.41) is 2.84. The first-order chi connectivity index (χ1) is 7.61. The number of ether oxygens (including phenoxy) is 1. The lowest BCUT2D eigenvalue weighted by Crippen LogP contribution is -2.22. The zero-order valence-corrected chi connectivity index (χ0v) is 9.54. The standard InChI is InChI=1S/C12H16N2O2/c1-3-8-4-9(13)11-10(5-8)14-12(15)7(2)6-16-11/h4-5,7H,3,6,13H2,1-2H3,(H,14,15). The number of carbonyl (C=O) groups excluding carboxylic acids is 1. The summed E-state index contributed by atoms with van der Waals surface area (Å²) < 4.78 is 5.55. The van der Waals surface area contributed by atoms with Crippen LogP contribution in [-0.4, -0.2) is 12.5 Å². The lowest BCUT2D eigenvalue weighted by molar-refractivity contribution is -0.119. The van der Waals surface area contributed by atoms with E-state index in [-0.39, 0.29) is 11.8 Å². The number of nitrogens with two attached hydrogens (primary N) is 1. The smallest absolute Gasteiger partial charge is 0.230 e. The highest BCUT2D eigenvalue weighted by atomic mass is 16.5. The third-order valence-electron chi connectivity index (χ3n) is 2.77. The van der Waals surface area contributed by atoms with Gasteiger partial charge >= 0.3 is 0 Å². The first kappa shape index (κ1) is 10.8. The normalized spacial score (nSPS) is 19.4. The summed E-state index contributed by atoms with van der Waals surface area (Å²) in [6.07, 6.45) is 0.878. The Bertz CT molecular complexity index is 429. The van der Waals surface area contributed by atoms with Gasteiger partial charge in [0.25, 0.3) is 0 Å². The van der Waals surface area contributed by atoms with Crippen LogP contribution in [0.25, 0.3) is 0 Å². The maximum Gasteiger partial charge on any atom is 0.230 e. The molecule has 0 saturated carbocycles. The Morgan fingerprint density at radius 2 is 2.31 bits per heavy atom. The van der Waals surface area contributed by atoms with E-state index >= 15 is 0 Å². The summed E-state index contributed by atoms with van der Waals surface area (Å²) in [4.78, 5) is 11.7. The number of nitrogens with one attached hydrogen (secondary N) is 1. The molecule has 0 spiro atoms. The Kier molecular flexibility index (Phi) is 2.73. The molecule has 1 atom stereocenters. The predicted octanol–water partition coefficient (Wildman–Crippen LogP) is 1.80. The Morgan fingerprint density at radius 3 is 3.00 bits per heavy atom. The monoisotopic (exact) mass is 220 g/mol. The SMILES string of the molecule is CCc1cc(N)c2c(c1)NC(=O)C(C)CO2. The van der Waals surface area contributed by atoms with Crippen molar-refractivity contribution in [2.45, 2.75) is 20.3 Å². The van der Waals surface area contributed by atoms with Crippen LogP contribution in [0, 0.1) is 5.92 Å². The van der Waals surface area contributed by atoms with Crippen LogP contribution in [0.5, 0.6) is 5.75 Å². The minimum absolute atomic E-state index is 0.0218. The second-order valence-corrected chi connectivity index (χ2v) is 4.12. The molecule has 0 saturated heterocycles. The summed E-state index contributed by atoms with van der Waals surface area (Å²) in [7, 11) is 0. The summed E-state index contributed by atoms with van der Waals surface area (Å²) in [6, 6.07) is 3.81. The number of fused-ring (bicyclic) bond motifs is 1. The largest absolute Gasteiger partial charge is 0.488 e. The number of benzene rings is 1. The van der Waals surface area contributed by atoms with E-state index in [1.165, 1.54) is 0 Å². The fraction of sp³-hybridized carbons (Fsp3) is 0.417. The van der Waals surface area contributed by atoms with Gasteiger partial charge in [0.05, 0.1) is 23.9 Å². The highest BCUT2D eigenvalue weighted by Gasteiger charge is 2.22. The Morgan fingerprint density at radius 1 is 1.56 bits per heavy atom. The number of carbonyl (C=O) groups is 1. The molecule has 4 nitrogen and oxygen atoms in total. The molecule has 3 N–H and O–H groups in total. The number of rotatable bonds is 1. The van der Waals surface area contributed by atoms with Crippen LogP contribution in [0.1, 0.15) is 19.4 Å². The quantitative estimate of drug-likeness (QED) is 0.709. The number of aryl methyl sites for hydroxylation is 1. The van der Waals surface area contributed by atoms with E-state index < -0.39 is 0 Å². The maximum absolute atomic E-state index is 11.7. The van der Waals surface area contributed by atoms with Gasteiger partial charge in [-0.25, -0.2) is 0 Å². The van der Waals surface area contributed by atoms with E-state index in [1.54, 1.807) is 0 Å². The van der Waals surface area contributed by atoms with Crippen LogP contribution in [0.4, 0.5) is 11.4 Å². The second kappa shape index (κ2) is 4.04. The first-order valence-corrected chi connectivity index (χ1v) is 5.48. The van der Waals surface area contributed by atoms with Crippen LogP contribution in [-0.2, 0) is 11.2 Å². The van der Waals surface area contributed by atoms with Gasteiger partial charge in [-0.1, -0.05) is 13.8 Å². The van der Waals surface area contributed by atoms with Gasteiger partial charge in [-0.05, 0) is 24.1 Å². The van der Waals surface area contributed by atoms with E-state index in [4.69, 9.17) is 10.5 Å². The Hall–Kier alpha value is -1.71. The maximum atomic E-state index is 11.7. The number of amides is 1. The molecular weight excluding hydrogens is 204 g/mol. The minimum Gasteiger partial charge on any atom is -0.488 e. The van der Waals surface area contributed by atoms with Crippen molar-refractivity contribution in [2.24, 2.45) is 5.92 Å². The Labute approximate surface area is 94.8 Å². The number of hydrogen-bond donors (Lipinski definition) is 2. The van der Waals surface area contributed by atoms with E-state index in [0.29, 0.717) is 23.7 Å². The number of nitrogen functional groups attached to an aromatic ring is 1. The zero-order chi connectivity index (χ0) is 11.7. The van der Waals surface area contributed by atoms with Crippen LogP contribution in [0.3, 0.4) is 0 Å². The molecule has 16 heavy (non-hydrogen) atoms. The predicted molar refractivity (Wildman–Crippen MR) is 63.5 cm³/mol. The van der Waals surface area contributed by atoms with E-state index in [9.17, 15) is 4.79 Å². The second-order valence-electron chi connectivity index (χ2n) is 4.12. The molecule has 1 aliphatic rings. The molecule has 0 fully saturated rings. The van der Waals surface area contributed by atoms with Crippen molar-refractivity contribution in [3.63, 3.8) is 0 Å². The van der Waals surface area contributed by atoms with Gasteiger partial charge in [0.2, 0.25) is 5.91 Å². The van der Waals surface area contributed by atoms with Gasteiger partial charge < -0.3 is 15.8 Å². The van der Waals surface area contributed by atoms with Crippen molar-refractivity contribution in [3.05, 3.63) is 17.7 Å². The molecule has 1 amide bonds. The van der Waals surface area contributed by atoms with Crippen molar-refractivity contribution in [1.29, 1.82) is 0 Å². The molecule has 86 valence electrons. The third-order valence-corrected chi connectivity index (χ3v) is 2.77. The molecule has 0 aromatic heterocycles. The van der Waals surface area contributed by atoms with Crippen LogP contribution in [0.15, 0.2) is 12.1 Å². The van der Waals surface area contributed by atoms with Gasteiger partial charge in [-0.3, -0.25) is 4.79 Å². The fourth-order valence-corrected chi connectivity index (χ4v) is 1.71. The van der Waals surface area contributed by atoms with Crippen LogP contribution >= 0.6 is 0 Å². The van der Waals surface area contributed by atoms with Gasteiger partial charge in [-0.2, -0.15) is 0 Å². The summed E-state index contributed by atoms with van der Waals surface area (Å²) in [6.45, 7) is 4.25. The molecule has 2 rings (SSSR count). The highest BCUT2D eigenvalue weighted by Crippen LogP contribution is 2.35. The average molecular weight is 220 g/mol. The highest BCUT2D eigenvalue weighted by molar-refractivity contribution is 5.96. The minimum atomic E-state index is -0.156. The van der Waals surface area contributed by atoms with Crippen molar-refractivity contribution < 1.29 is 9.53 Å².